The number of hydrogen-bond donors (Lipinski definition) is 1. The van der Waals surface area contributed by atoms with E-state index < -0.39 is 0 Å². The molecule has 1 heterocycles. The van der Waals surface area contributed by atoms with Crippen molar-refractivity contribution < 1.29 is 4.79 Å². The van der Waals surface area contributed by atoms with Crippen molar-refractivity contribution in [2.24, 2.45) is 5.92 Å². The molecule has 3 rings (SSSR count). The molecule has 1 amide bonds. The average molecular weight is 348 g/mol. The molecule has 0 saturated heterocycles. The summed E-state index contributed by atoms with van der Waals surface area (Å²) < 4.78 is 2.90. The minimum Gasteiger partial charge on any atom is -0.352 e. The summed E-state index contributed by atoms with van der Waals surface area (Å²) in [6, 6.07) is 10.2. The molecule has 2 aromatic rings. The van der Waals surface area contributed by atoms with Crippen LogP contribution in [0, 0.1) is 5.92 Å². The summed E-state index contributed by atoms with van der Waals surface area (Å²) in [6.45, 7) is 2.71. The average Bonchev–Trinajstić information content (AvgIpc) is 3.10. The van der Waals surface area contributed by atoms with Gasteiger partial charge in [-0.25, -0.2) is 0 Å². The minimum atomic E-state index is 0.0844. The molecule has 0 bridgehead atoms. The lowest BCUT2D eigenvalue weighted by Gasteiger charge is -2.14. The zero-order chi connectivity index (χ0) is 14.8. The van der Waals surface area contributed by atoms with Crippen LogP contribution in [0.25, 0.3) is 0 Å². The summed E-state index contributed by atoms with van der Waals surface area (Å²) in [5.74, 6) is 0.624. The number of rotatable bonds is 5. The van der Waals surface area contributed by atoms with Crippen molar-refractivity contribution in [3.8, 4) is 0 Å². The Labute approximate surface area is 132 Å². The van der Waals surface area contributed by atoms with E-state index in [4.69, 9.17) is 0 Å². The van der Waals surface area contributed by atoms with Crippen LogP contribution in [0.3, 0.4) is 0 Å². The smallest absolute Gasteiger partial charge is 0.224 e. The number of aromatic nitrogens is 2. The zero-order valence-electron chi connectivity index (χ0n) is 11.9. The summed E-state index contributed by atoms with van der Waals surface area (Å²) >= 11 is 3.48. The van der Waals surface area contributed by atoms with Crippen molar-refractivity contribution in [3.05, 3.63) is 52.8 Å². The first-order chi connectivity index (χ1) is 10.1. The fraction of sp³-hybridized carbons (Fsp3) is 0.375. The SMILES string of the molecule is C[C@H](Cn1cccn1)NC(=O)[C@H]1C[C@@H]1c1cccc(Br)c1. The predicted molar refractivity (Wildman–Crippen MR) is 84.8 cm³/mol. The van der Waals surface area contributed by atoms with E-state index in [0.29, 0.717) is 12.5 Å². The normalized spacial score (nSPS) is 21.8. The van der Waals surface area contributed by atoms with Crippen LogP contribution in [-0.4, -0.2) is 21.7 Å². The van der Waals surface area contributed by atoms with E-state index in [2.05, 4.69) is 38.5 Å². The Morgan fingerprint density at radius 3 is 3.10 bits per heavy atom. The second kappa shape index (κ2) is 6.02. The van der Waals surface area contributed by atoms with Crippen LogP contribution in [0.2, 0.25) is 0 Å². The molecular weight excluding hydrogens is 330 g/mol. The van der Waals surface area contributed by atoms with Crippen molar-refractivity contribution in [1.29, 1.82) is 0 Å². The van der Waals surface area contributed by atoms with Crippen molar-refractivity contribution in [1.82, 2.24) is 15.1 Å². The Balaban J connectivity index is 1.53. The van der Waals surface area contributed by atoms with E-state index in [1.807, 2.05) is 36.0 Å². The maximum Gasteiger partial charge on any atom is 0.224 e. The maximum absolute atomic E-state index is 12.3. The number of halogens is 1. The summed E-state index contributed by atoms with van der Waals surface area (Å²) in [5.41, 5.74) is 1.24. The fourth-order valence-electron chi connectivity index (χ4n) is 2.67. The third-order valence-electron chi connectivity index (χ3n) is 3.81. The molecule has 1 aliphatic carbocycles. The molecule has 0 unspecified atom stereocenters. The molecule has 1 aromatic heterocycles. The highest BCUT2D eigenvalue weighted by Crippen LogP contribution is 2.47. The summed E-state index contributed by atoms with van der Waals surface area (Å²) in [4.78, 5) is 12.3. The van der Waals surface area contributed by atoms with Crippen LogP contribution in [0.4, 0.5) is 0 Å². The van der Waals surface area contributed by atoms with Gasteiger partial charge in [-0.05, 0) is 43.0 Å². The van der Waals surface area contributed by atoms with Crippen molar-refractivity contribution in [2.75, 3.05) is 0 Å². The van der Waals surface area contributed by atoms with Gasteiger partial charge >= 0.3 is 0 Å². The van der Waals surface area contributed by atoms with Crippen LogP contribution in [-0.2, 0) is 11.3 Å². The fourth-order valence-corrected chi connectivity index (χ4v) is 3.09. The first-order valence-electron chi connectivity index (χ1n) is 7.17. The molecule has 1 aliphatic rings. The van der Waals surface area contributed by atoms with Gasteiger partial charge in [-0.15, -0.1) is 0 Å². The summed E-state index contributed by atoms with van der Waals surface area (Å²) in [5, 5.41) is 7.24. The molecule has 1 fully saturated rings. The van der Waals surface area contributed by atoms with E-state index in [1.165, 1.54) is 5.56 Å². The highest BCUT2D eigenvalue weighted by molar-refractivity contribution is 9.10. The number of nitrogens with zero attached hydrogens (tertiary/aromatic N) is 2. The molecule has 4 nitrogen and oxygen atoms in total. The van der Waals surface area contributed by atoms with E-state index in [1.54, 1.807) is 6.20 Å². The second-order valence-electron chi connectivity index (χ2n) is 5.64. The van der Waals surface area contributed by atoms with Gasteiger partial charge in [-0.1, -0.05) is 28.1 Å². The predicted octanol–water partition coefficient (Wildman–Crippen LogP) is 2.95. The van der Waals surface area contributed by atoms with Gasteiger partial charge in [-0.2, -0.15) is 5.10 Å². The van der Waals surface area contributed by atoms with Gasteiger partial charge in [0.2, 0.25) is 5.91 Å². The maximum atomic E-state index is 12.3. The molecule has 0 spiro atoms. The Hall–Kier alpha value is -1.62. The number of carbonyl (C=O) groups excluding carboxylic acids is 1. The van der Waals surface area contributed by atoms with E-state index >= 15 is 0 Å². The Kier molecular flexibility index (Phi) is 4.10. The molecule has 1 N–H and O–H groups in total. The summed E-state index contributed by atoms with van der Waals surface area (Å²) in [6.07, 6.45) is 4.60. The highest BCUT2D eigenvalue weighted by Gasteiger charge is 2.44. The molecule has 1 aromatic carbocycles. The third kappa shape index (κ3) is 3.53. The minimum absolute atomic E-state index is 0.0844. The van der Waals surface area contributed by atoms with Crippen molar-refractivity contribution in [3.63, 3.8) is 0 Å². The van der Waals surface area contributed by atoms with Gasteiger partial charge < -0.3 is 5.32 Å². The van der Waals surface area contributed by atoms with E-state index in [9.17, 15) is 4.79 Å². The Morgan fingerprint density at radius 2 is 2.38 bits per heavy atom. The molecule has 0 radical (unpaired) electrons. The molecular formula is C16H18BrN3O. The monoisotopic (exact) mass is 347 g/mol. The number of amides is 1. The van der Waals surface area contributed by atoms with Crippen molar-refractivity contribution >= 4 is 21.8 Å². The first kappa shape index (κ1) is 14.3. The van der Waals surface area contributed by atoms with Gasteiger partial charge in [-0.3, -0.25) is 9.48 Å². The van der Waals surface area contributed by atoms with Crippen LogP contribution >= 0.6 is 15.9 Å². The van der Waals surface area contributed by atoms with Crippen LogP contribution in [0.1, 0.15) is 24.8 Å². The molecule has 0 aliphatic heterocycles. The number of carbonyl (C=O) groups is 1. The lowest BCUT2D eigenvalue weighted by Crippen LogP contribution is -2.37. The van der Waals surface area contributed by atoms with E-state index in [0.717, 1.165) is 10.9 Å². The van der Waals surface area contributed by atoms with E-state index in [-0.39, 0.29) is 17.9 Å². The molecule has 1 saturated carbocycles. The number of hydrogen-bond acceptors (Lipinski definition) is 2. The lowest BCUT2D eigenvalue weighted by atomic mass is 10.1. The second-order valence-corrected chi connectivity index (χ2v) is 6.56. The topological polar surface area (TPSA) is 46.9 Å². The van der Waals surface area contributed by atoms with Crippen LogP contribution < -0.4 is 5.32 Å². The van der Waals surface area contributed by atoms with Gasteiger partial charge in [0, 0.05) is 28.8 Å². The van der Waals surface area contributed by atoms with Crippen molar-refractivity contribution in [2.45, 2.75) is 31.8 Å². The Morgan fingerprint density at radius 1 is 1.52 bits per heavy atom. The quantitative estimate of drug-likeness (QED) is 0.903. The Bertz CT molecular complexity index is 626. The molecule has 3 atom stereocenters. The van der Waals surface area contributed by atoms with Crippen LogP contribution in [0.5, 0.6) is 0 Å². The third-order valence-corrected chi connectivity index (χ3v) is 4.31. The van der Waals surface area contributed by atoms with Gasteiger partial charge in [0.25, 0.3) is 0 Å². The molecule has 21 heavy (non-hydrogen) atoms. The lowest BCUT2D eigenvalue weighted by molar-refractivity contribution is -0.123. The van der Waals surface area contributed by atoms with Gasteiger partial charge in [0.15, 0.2) is 0 Å². The number of nitrogens with one attached hydrogen (secondary N) is 1. The summed E-state index contributed by atoms with van der Waals surface area (Å²) in [7, 11) is 0. The molecule has 5 heteroatoms. The van der Waals surface area contributed by atoms with Crippen LogP contribution in [0.15, 0.2) is 47.2 Å². The van der Waals surface area contributed by atoms with Gasteiger partial charge in [0.05, 0.1) is 6.54 Å². The standard InChI is InChI=1S/C16H18BrN3O/c1-11(10-20-7-3-6-18-20)19-16(21)15-9-14(15)12-4-2-5-13(17)8-12/h2-8,11,14-15H,9-10H2,1H3,(H,19,21)/t11-,14-,15+/m1/s1. The molecule has 110 valence electrons. The largest absolute Gasteiger partial charge is 0.352 e. The zero-order valence-corrected chi connectivity index (χ0v) is 13.5. The number of benzene rings is 1. The first-order valence-corrected chi connectivity index (χ1v) is 7.96. The van der Waals surface area contributed by atoms with Gasteiger partial charge in [0.1, 0.15) is 0 Å². The highest BCUT2D eigenvalue weighted by atomic mass is 79.9.